The van der Waals surface area contributed by atoms with E-state index in [1.807, 2.05) is 19.1 Å². The molecule has 0 aromatic heterocycles. The molecule has 1 rings (SSSR count). The molecule has 0 fully saturated rings. The predicted molar refractivity (Wildman–Crippen MR) is 72.4 cm³/mol. The van der Waals surface area contributed by atoms with Crippen LogP contribution in [0.2, 0.25) is 0 Å². The lowest BCUT2D eigenvalue weighted by atomic mass is 10.1. The lowest BCUT2D eigenvalue weighted by molar-refractivity contribution is 0.0697. The molecule has 0 aliphatic rings. The highest BCUT2D eigenvalue weighted by Crippen LogP contribution is 2.21. The van der Waals surface area contributed by atoms with Crippen molar-refractivity contribution in [1.29, 1.82) is 0 Å². The first-order chi connectivity index (χ1) is 8.60. The highest BCUT2D eigenvalue weighted by Gasteiger charge is 2.10. The largest absolute Gasteiger partial charge is 0.478 e. The number of aryl methyl sites for hydroxylation is 1. The van der Waals surface area contributed by atoms with E-state index in [1.165, 1.54) is 0 Å². The van der Waals surface area contributed by atoms with Crippen molar-refractivity contribution in [3.05, 3.63) is 42.0 Å². The van der Waals surface area contributed by atoms with Crippen LogP contribution >= 0.6 is 0 Å². The minimum absolute atomic E-state index is 0.307. The van der Waals surface area contributed by atoms with Gasteiger partial charge in [-0.15, -0.1) is 6.58 Å². The van der Waals surface area contributed by atoms with Crippen LogP contribution in [0.25, 0.3) is 0 Å². The van der Waals surface area contributed by atoms with Crippen molar-refractivity contribution in [2.75, 3.05) is 31.7 Å². The Bertz CT molecular complexity index is 429. The Balaban J connectivity index is 2.97. The molecule has 0 aliphatic carbocycles. The number of hydrogen-bond donors (Lipinski definition) is 1. The number of nitrogens with zero attached hydrogens (tertiary/aromatic N) is 1. The summed E-state index contributed by atoms with van der Waals surface area (Å²) in [4.78, 5) is 13.0. The van der Waals surface area contributed by atoms with Crippen LogP contribution in [-0.2, 0) is 4.74 Å². The van der Waals surface area contributed by atoms with Crippen LogP contribution < -0.4 is 4.90 Å². The number of carbonyl (C=O) groups is 1. The summed E-state index contributed by atoms with van der Waals surface area (Å²) in [5.74, 6) is -0.906. The van der Waals surface area contributed by atoms with Crippen molar-refractivity contribution in [2.45, 2.75) is 6.92 Å². The molecular weight excluding hydrogens is 230 g/mol. The molecule has 0 radical (unpaired) electrons. The highest BCUT2D eigenvalue weighted by atomic mass is 16.5. The second-order valence-electron chi connectivity index (χ2n) is 4.03. The summed E-state index contributed by atoms with van der Waals surface area (Å²) in [6.45, 7) is 7.71. The van der Waals surface area contributed by atoms with Gasteiger partial charge in [0.15, 0.2) is 0 Å². The van der Waals surface area contributed by atoms with Gasteiger partial charge in [-0.3, -0.25) is 0 Å². The fourth-order valence-electron chi connectivity index (χ4n) is 1.81. The third kappa shape index (κ3) is 3.60. The van der Waals surface area contributed by atoms with Gasteiger partial charge in [0.1, 0.15) is 0 Å². The summed E-state index contributed by atoms with van der Waals surface area (Å²) in [7, 11) is 1.66. The first kappa shape index (κ1) is 14.3. The third-order valence-electron chi connectivity index (χ3n) is 2.70. The van der Waals surface area contributed by atoms with Crippen molar-refractivity contribution in [3.63, 3.8) is 0 Å². The van der Waals surface area contributed by atoms with E-state index in [0.29, 0.717) is 18.7 Å². The van der Waals surface area contributed by atoms with Crippen LogP contribution in [0.5, 0.6) is 0 Å². The predicted octanol–water partition coefficient (Wildman–Crippen LogP) is 2.33. The second kappa shape index (κ2) is 6.81. The van der Waals surface area contributed by atoms with E-state index in [2.05, 4.69) is 11.5 Å². The lowest BCUT2D eigenvalue weighted by Gasteiger charge is -2.25. The van der Waals surface area contributed by atoms with Gasteiger partial charge in [0.05, 0.1) is 12.2 Å². The van der Waals surface area contributed by atoms with Crippen molar-refractivity contribution >= 4 is 11.7 Å². The van der Waals surface area contributed by atoms with Gasteiger partial charge in [-0.25, -0.2) is 4.79 Å². The van der Waals surface area contributed by atoms with Gasteiger partial charge in [-0.1, -0.05) is 6.08 Å². The maximum Gasteiger partial charge on any atom is 0.335 e. The maximum atomic E-state index is 10.9. The Labute approximate surface area is 107 Å². The molecule has 0 atom stereocenters. The minimum Gasteiger partial charge on any atom is -0.478 e. The van der Waals surface area contributed by atoms with E-state index in [-0.39, 0.29) is 0 Å². The van der Waals surface area contributed by atoms with E-state index >= 15 is 0 Å². The number of benzene rings is 1. The van der Waals surface area contributed by atoms with Crippen molar-refractivity contribution in [2.24, 2.45) is 0 Å². The molecule has 98 valence electrons. The molecule has 0 aliphatic heterocycles. The molecule has 0 amide bonds. The van der Waals surface area contributed by atoms with Crippen LogP contribution in [0, 0.1) is 6.92 Å². The Morgan fingerprint density at radius 1 is 1.56 bits per heavy atom. The molecule has 0 heterocycles. The molecule has 1 N–H and O–H groups in total. The highest BCUT2D eigenvalue weighted by molar-refractivity contribution is 5.88. The molecule has 1 aromatic rings. The first-order valence-corrected chi connectivity index (χ1v) is 5.79. The van der Waals surface area contributed by atoms with Gasteiger partial charge in [-0.2, -0.15) is 0 Å². The molecule has 0 saturated heterocycles. The Hall–Kier alpha value is -1.81. The number of hydrogen-bond acceptors (Lipinski definition) is 3. The number of carboxylic acids is 1. The third-order valence-corrected chi connectivity index (χ3v) is 2.70. The summed E-state index contributed by atoms with van der Waals surface area (Å²) < 4.78 is 5.07. The summed E-state index contributed by atoms with van der Waals surface area (Å²) in [5.41, 5.74) is 2.26. The van der Waals surface area contributed by atoms with Crippen LogP contribution in [0.1, 0.15) is 15.9 Å². The first-order valence-electron chi connectivity index (χ1n) is 5.79. The molecule has 1 aromatic carbocycles. The number of anilines is 1. The zero-order chi connectivity index (χ0) is 13.5. The summed E-state index contributed by atoms with van der Waals surface area (Å²) in [6.07, 6.45) is 1.82. The molecule has 0 saturated carbocycles. The number of aromatic carboxylic acids is 1. The van der Waals surface area contributed by atoms with E-state index < -0.39 is 5.97 Å². The fourth-order valence-corrected chi connectivity index (χ4v) is 1.81. The van der Waals surface area contributed by atoms with Gasteiger partial charge in [0, 0.05) is 25.9 Å². The maximum absolute atomic E-state index is 10.9. The molecule has 4 heteroatoms. The Kier molecular flexibility index (Phi) is 5.39. The zero-order valence-electron chi connectivity index (χ0n) is 10.8. The number of carboxylic acid groups (broad SMARTS) is 1. The standard InChI is InChI=1S/C14H19NO3/c1-4-7-15(8-9-18-3)13-6-5-12(14(16)17)10-11(13)2/h4-6,10H,1,7-9H2,2-3H3,(H,16,17). The van der Waals surface area contributed by atoms with Crippen molar-refractivity contribution < 1.29 is 14.6 Å². The number of methoxy groups -OCH3 is 1. The van der Waals surface area contributed by atoms with E-state index in [1.54, 1.807) is 19.2 Å². The Morgan fingerprint density at radius 3 is 2.78 bits per heavy atom. The fraction of sp³-hybridized carbons (Fsp3) is 0.357. The van der Waals surface area contributed by atoms with Crippen molar-refractivity contribution in [1.82, 2.24) is 0 Å². The average molecular weight is 249 g/mol. The van der Waals surface area contributed by atoms with Crippen LogP contribution in [0.4, 0.5) is 5.69 Å². The molecule has 0 spiro atoms. The van der Waals surface area contributed by atoms with Gasteiger partial charge in [0.25, 0.3) is 0 Å². The minimum atomic E-state index is -0.906. The quantitative estimate of drug-likeness (QED) is 0.753. The van der Waals surface area contributed by atoms with E-state index in [4.69, 9.17) is 9.84 Å². The number of ether oxygens (including phenoxy) is 1. The normalized spacial score (nSPS) is 10.1. The van der Waals surface area contributed by atoms with Gasteiger partial charge in [0.2, 0.25) is 0 Å². The summed E-state index contributed by atoms with van der Waals surface area (Å²) in [5, 5.41) is 8.93. The average Bonchev–Trinajstić information content (AvgIpc) is 2.34. The van der Waals surface area contributed by atoms with Gasteiger partial charge >= 0.3 is 5.97 Å². The summed E-state index contributed by atoms with van der Waals surface area (Å²) in [6, 6.07) is 5.13. The number of rotatable bonds is 7. The van der Waals surface area contributed by atoms with Crippen LogP contribution in [-0.4, -0.2) is 37.9 Å². The van der Waals surface area contributed by atoms with Gasteiger partial charge in [-0.05, 0) is 30.7 Å². The molecule has 18 heavy (non-hydrogen) atoms. The topological polar surface area (TPSA) is 49.8 Å². The molecule has 4 nitrogen and oxygen atoms in total. The monoisotopic (exact) mass is 249 g/mol. The van der Waals surface area contributed by atoms with E-state index in [0.717, 1.165) is 17.8 Å². The smallest absolute Gasteiger partial charge is 0.335 e. The Morgan fingerprint density at radius 2 is 2.28 bits per heavy atom. The zero-order valence-corrected chi connectivity index (χ0v) is 10.8. The SMILES string of the molecule is C=CCN(CCOC)c1ccc(C(=O)O)cc1C. The van der Waals surface area contributed by atoms with Crippen LogP contribution in [0.3, 0.4) is 0 Å². The lowest BCUT2D eigenvalue weighted by Crippen LogP contribution is -2.28. The molecule has 0 bridgehead atoms. The van der Waals surface area contributed by atoms with Gasteiger partial charge < -0.3 is 14.7 Å². The van der Waals surface area contributed by atoms with Crippen LogP contribution in [0.15, 0.2) is 30.9 Å². The van der Waals surface area contributed by atoms with Crippen molar-refractivity contribution in [3.8, 4) is 0 Å². The second-order valence-corrected chi connectivity index (χ2v) is 4.03. The summed E-state index contributed by atoms with van der Waals surface area (Å²) >= 11 is 0. The van der Waals surface area contributed by atoms with E-state index in [9.17, 15) is 4.79 Å². The molecule has 0 unspecified atom stereocenters. The molecular formula is C14H19NO3.